The maximum absolute atomic E-state index is 12.5. The summed E-state index contributed by atoms with van der Waals surface area (Å²) >= 11 is 0. The zero-order chi connectivity index (χ0) is 16.1. The van der Waals surface area contributed by atoms with Gasteiger partial charge in [0, 0.05) is 31.8 Å². The number of rotatable bonds is 6. The van der Waals surface area contributed by atoms with Gasteiger partial charge >= 0.3 is 0 Å². The molecule has 122 valence electrons. The predicted octanol–water partition coefficient (Wildman–Crippen LogP) is 1.98. The van der Waals surface area contributed by atoms with Crippen LogP contribution in [-0.4, -0.2) is 47.2 Å². The summed E-state index contributed by atoms with van der Waals surface area (Å²) in [5.41, 5.74) is 0. The van der Waals surface area contributed by atoms with E-state index in [0.29, 0.717) is 0 Å². The first-order valence-corrected chi connectivity index (χ1v) is 8.35. The number of carbonyl (C=O) groups excluding carboxylic acids is 3. The molecular formula is C17H26N2O3. The Hall–Kier alpha value is -1.65. The second kappa shape index (κ2) is 7.56. The predicted molar refractivity (Wildman–Crippen MR) is 83.9 cm³/mol. The molecule has 0 aromatic rings. The van der Waals surface area contributed by atoms with E-state index in [0.717, 1.165) is 36.7 Å². The molecule has 22 heavy (non-hydrogen) atoms. The van der Waals surface area contributed by atoms with Crippen LogP contribution in [0.15, 0.2) is 12.2 Å². The molecule has 0 aromatic heterocycles. The van der Waals surface area contributed by atoms with Crippen LogP contribution in [0.1, 0.15) is 46.0 Å². The van der Waals surface area contributed by atoms with Gasteiger partial charge in [-0.05, 0) is 18.8 Å². The summed E-state index contributed by atoms with van der Waals surface area (Å²) in [4.78, 5) is 38.6. The molecule has 2 rings (SSSR count). The first-order valence-electron chi connectivity index (χ1n) is 8.35. The van der Waals surface area contributed by atoms with Gasteiger partial charge in [0.25, 0.3) is 11.8 Å². The lowest BCUT2D eigenvalue weighted by Gasteiger charge is -2.34. The highest BCUT2D eigenvalue weighted by atomic mass is 16.2. The minimum absolute atomic E-state index is 0.0569. The highest BCUT2D eigenvalue weighted by Crippen LogP contribution is 2.23. The molecule has 2 aliphatic heterocycles. The van der Waals surface area contributed by atoms with E-state index in [1.165, 1.54) is 31.4 Å². The van der Waals surface area contributed by atoms with E-state index in [-0.39, 0.29) is 30.2 Å². The van der Waals surface area contributed by atoms with Crippen molar-refractivity contribution in [1.82, 2.24) is 9.80 Å². The summed E-state index contributed by atoms with van der Waals surface area (Å²) in [6, 6.07) is 0. The van der Waals surface area contributed by atoms with Gasteiger partial charge in [0.15, 0.2) is 0 Å². The lowest BCUT2D eigenvalue weighted by Crippen LogP contribution is -2.45. The fraction of sp³-hybridized carbons (Fsp3) is 0.706. The maximum atomic E-state index is 12.5. The fourth-order valence-electron chi connectivity index (χ4n) is 3.21. The van der Waals surface area contributed by atoms with Crippen LogP contribution in [0, 0.1) is 11.8 Å². The number of hydrogen-bond acceptors (Lipinski definition) is 3. The third-order valence-electron chi connectivity index (χ3n) is 4.67. The van der Waals surface area contributed by atoms with Crippen LogP contribution < -0.4 is 0 Å². The van der Waals surface area contributed by atoms with Crippen molar-refractivity contribution in [1.29, 1.82) is 0 Å². The van der Waals surface area contributed by atoms with E-state index in [2.05, 4.69) is 6.92 Å². The number of nitrogens with zero attached hydrogens (tertiary/aromatic N) is 2. The molecule has 2 aliphatic rings. The molecule has 0 spiro atoms. The van der Waals surface area contributed by atoms with Gasteiger partial charge in [-0.1, -0.05) is 33.1 Å². The lowest BCUT2D eigenvalue weighted by atomic mass is 9.91. The second-order valence-electron chi connectivity index (χ2n) is 6.43. The van der Waals surface area contributed by atoms with E-state index >= 15 is 0 Å². The molecule has 0 saturated carbocycles. The van der Waals surface area contributed by atoms with E-state index in [4.69, 9.17) is 0 Å². The van der Waals surface area contributed by atoms with Crippen LogP contribution in [0.4, 0.5) is 0 Å². The number of imide groups is 1. The van der Waals surface area contributed by atoms with E-state index in [9.17, 15) is 14.4 Å². The molecule has 3 amide bonds. The van der Waals surface area contributed by atoms with E-state index < -0.39 is 0 Å². The van der Waals surface area contributed by atoms with Crippen molar-refractivity contribution in [2.24, 2.45) is 11.8 Å². The largest absolute Gasteiger partial charge is 0.342 e. The number of unbranched alkanes of at least 4 members (excludes halogenated alkanes) is 1. The molecule has 0 aromatic carbocycles. The van der Waals surface area contributed by atoms with Gasteiger partial charge in [0.1, 0.15) is 0 Å². The van der Waals surface area contributed by atoms with Crippen LogP contribution in [0.2, 0.25) is 0 Å². The van der Waals surface area contributed by atoms with Crippen molar-refractivity contribution >= 4 is 17.7 Å². The molecule has 1 atom stereocenters. The molecule has 0 N–H and O–H groups in total. The first kappa shape index (κ1) is 16.7. The Kier molecular flexibility index (Phi) is 5.75. The van der Waals surface area contributed by atoms with Crippen molar-refractivity contribution in [2.45, 2.75) is 46.0 Å². The van der Waals surface area contributed by atoms with Gasteiger partial charge in [-0.3, -0.25) is 19.3 Å². The molecule has 1 saturated heterocycles. The number of amides is 3. The minimum atomic E-state index is -0.333. The quantitative estimate of drug-likeness (QED) is 0.705. The fourth-order valence-corrected chi connectivity index (χ4v) is 3.21. The van der Waals surface area contributed by atoms with Crippen LogP contribution in [0.25, 0.3) is 0 Å². The average Bonchev–Trinajstić information content (AvgIpc) is 2.84. The Balaban J connectivity index is 1.79. The van der Waals surface area contributed by atoms with Gasteiger partial charge in [-0.25, -0.2) is 0 Å². The number of likely N-dealkylation sites (tertiary alicyclic amines) is 1. The summed E-state index contributed by atoms with van der Waals surface area (Å²) in [6.45, 7) is 5.79. The Morgan fingerprint density at radius 2 is 1.82 bits per heavy atom. The number of hydrogen-bond donors (Lipinski definition) is 0. The monoisotopic (exact) mass is 306 g/mol. The van der Waals surface area contributed by atoms with Crippen molar-refractivity contribution < 1.29 is 14.4 Å². The summed E-state index contributed by atoms with van der Waals surface area (Å²) in [7, 11) is 0. The second-order valence-corrected chi connectivity index (χ2v) is 6.43. The summed E-state index contributed by atoms with van der Waals surface area (Å²) in [5.74, 6) is -0.169. The van der Waals surface area contributed by atoms with Crippen LogP contribution in [0.3, 0.4) is 0 Å². The zero-order valence-corrected chi connectivity index (χ0v) is 13.6. The first-order chi connectivity index (χ1) is 10.5. The van der Waals surface area contributed by atoms with Gasteiger partial charge < -0.3 is 4.90 Å². The van der Waals surface area contributed by atoms with Crippen molar-refractivity contribution in [3.63, 3.8) is 0 Å². The Labute approximate surface area is 132 Å². The molecule has 0 aliphatic carbocycles. The number of piperidine rings is 1. The molecule has 5 heteroatoms. The summed E-state index contributed by atoms with van der Waals surface area (Å²) < 4.78 is 0. The van der Waals surface area contributed by atoms with Crippen LogP contribution in [0.5, 0.6) is 0 Å². The van der Waals surface area contributed by atoms with Gasteiger partial charge in [0.2, 0.25) is 5.91 Å². The molecule has 0 radical (unpaired) electrons. The van der Waals surface area contributed by atoms with Crippen LogP contribution in [-0.2, 0) is 14.4 Å². The van der Waals surface area contributed by atoms with E-state index in [1.807, 2.05) is 4.90 Å². The van der Waals surface area contributed by atoms with Gasteiger partial charge in [-0.15, -0.1) is 0 Å². The van der Waals surface area contributed by atoms with Crippen molar-refractivity contribution in [2.75, 3.05) is 19.6 Å². The average molecular weight is 306 g/mol. The highest BCUT2D eigenvalue weighted by Gasteiger charge is 2.30. The third kappa shape index (κ3) is 3.96. The SMILES string of the molecule is CCCCC1CCN(C(=O)C(C)CN2C(=O)C=CC2=O)CC1. The third-order valence-corrected chi connectivity index (χ3v) is 4.67. The van der Waals surface area contributed by atoms with Gasteiger partial charge in [0.05, 0.1) is 5.92 Å². The summed E-state index contributed by atoms with van der Waals surface area (Å²) in [5, 5.41) is 0. The molecular weight excluding hydrogens is 280 g/mol. The smallest absolute Gasteiger partial charge is 0.253 e. The molecule has 2 heterocycles. The zero-order valence-electron chi connectivity index (χ0n) is 13.6. The Bertz CT molecular complexity index is 447. The highest BCUT2D eigenvalue weighted by molar-refractivity contribution is 6.13. The van der Waals surface area contributed by atoms with E-state index in [1.54, 1.807) is 6.92 Å². The van der Waals surface area contributed by atoms with Crippen molar-refractivity contribution in [3.8, 4) is 0 Å². The van der Waals surface area contributed by atoms with Crippen molar-refractivity contribution in [3.05, 3.63) is 12.2 Å². The molecule has 1 fully saturated rings. The Morgan fingerprint density at radius 1 is 1.23 bits per heavy atom. The number of carbonyl (C=O) groups is 3. The topological polar surface area (TPSA) is 57.7 Å². The van der Waals surface area contributed by atoms with Crippen LogP contribution >= 0.6 is 0 Å². The molecule has 5 nitrogen and oxygen atoms in total. The summed E-state index contributed by atoms with van der Waals surface area (Å²) in [6.07, 6.45) is 8.42. The standard InChI is InChI=1S/C17H26N2O3/c1-3-4-5-14-8-10-18(11-9-14)17(22)13(2)12-19-15(20)6-7-16(19)21/h6-7,13-14H,3-5,8-12H2,1-2H3. The lowest BCUT2D eigenvalue weighted by molar-refractivity contribution is -0.141. The maximum Gasteiger partial charge on any atom is 0.253 e. The van der Waals surface area contributed by atoms with Gasteiger partial charge in [-0.2, -0.15) is 0 Å². The Morgan fingerprint density at radius 3 is 2.36 bits per heavy atom. The minimum Gasteiger partial charge on any atom is -0.342 e. The molecule has 0 bridgehead atoms. The normalized spacial score (nSPS) is 20.8. The molecule has 1 unspecified atom stereocenters.